The first-order chi connectivity index (χ1) is 24.2. The van der Waals surface area contributed by atoms with Crippen LogP contribution in [0, 0.1) is 6.92 Å². The minimum atomic E-state index is -0.416. The quantitative estimate of drug-likeness (QED) is 0.102. The molecule has 0 saturated heterocycles. The van der Waals surface area contributed by atoms with Gasteiger partial charge < -0.3 is 28.7 Å². The Balaban J connectivity index is 0.000000306. The number of rotatable bonds is 14. The van der Waals surface area contributed by atoms with Crippen molar-refractivity contribution in [3.05, 3.63) is 136 Å². The van der Waals surface area contributed by atoms with Crippen LogP contribution in [-0.2, 0) is 31.8 Å². The van der Waals surface area contributed by atoms with Crippen LogP contribution in [0.1, 0.15) is 118 Å². The molecule has 1 atom stereocenters. The average molecular weight is 697 g/mol. The van der Waals surface area contributed by atoms with Crippen LogP contribution >= 0.6 is 0 Å². The minimum Gasteiger partial charge on any atom is -0.496 e. The highest BCUT2D eigenvalue weighted by molar-refractivity contribution is 5.93. The monoisotopic (exact) mass is 696 g/mol. The molecular formula is C43H56N2O6. The number of carbonyl (C=O) groups excluding carboxylic acids is 1. The third-order valence-electron chi connectivity index (χ3n) is 9.42. The normalized spacial score (nSPS) is 16.3. The van der Waals surface area contributed by atoms with Crippen LogP contribution in [0.2, 0.25) is 0 Å². The highest BCUT2D eigenvalue weighted by atomic mass is 16.5. The second-order valence-electron chi connectivity index (χ2n) is 14.0. The molecule has 0 fully saturated rings. The highest BCUT2D eigenvalue weighted by Gasteiger charge is 2.43. The van der Waals surface area contributed by atoms with Crippen LogP contribution in [0.3, 0.4) is 0 Å². The van der Waals surface area contributed by atoms with Crippen molar-refractivity contribution in [3.63, 3.8) is 0 Å². The van der Waals surface area contributed by atoms with E-state index in [0.717, 1.165) is 29.0 Å². The second-order valence-corrected chi connectivity index (χ2v) is 14.0. The van der Waals surface area contributed by atoms with E-state index in [2.05, 4.69) is 96.8 Å². The molecular weight excluding hydrogens is 640 g/mol. The SMILES string of the molecule is C/C=C/CC(CCC)c1ccccc1OC.C=C(OC)/C(NC(=O)c1ccc(Cc2cc3c(cc2C)C(C)(C)OC3(C)C)o1)=C(/OC)N1C=C1C. The van der Waals surface area contributed by atoms with Gasteiger partial charge in [-0.1, -0.05) is 62.4 Å². The Labute approximate surface area is 304 Å². The molecule has 0 bridgehead atoms. The molecule has 3 heterocycles. The van der Waals surface area contributed by atoms with E-state index >= 15 is 0 Å². The number of amides is 1. The van der Waals surface area contributed by atoms with E-state index < -0.39 is 5.91 Å². The lowest BCUT2D eigenvalue weighted by molar-refractivity contribution is -0.105. The van der Waals surface area contributed by atoms with Crippen molar-refractivity contribution in [2.75, 3.05) is 21.3 Å². The summed E-state index contributed by atoms with van der Waals surface area (Å²) in [5.41, 5.74) is 6.67. The van der Waals surface area contributed by atoms with Crippen LogP contribution in [0.25, 0.3) is 0 Å². The summed E-state index contributed by atoms with van der Waals surface area (Å²) in [6.07, 6.45) is 10.3. The van der Waals surface area contributed by atoms with E-state index in [4.69, 9.17) is 23.4 Å². The fourth-order valence-electron chi connectivity index (χ4n) is 6.74. The maximum atomic E-state index is 13.0. The number of nitrogens with one attached hydrogen (secondary N) is 1. The maximum Gasteiger partial charge on any atom is 0.291 e. The molecule has 1 unspecified atom stereocenters. The van der Waals surface area contributed by atoms with E-state index in [-0.39, 0.29) is 22.7 Å². The van der Waals surface area contributed by atoms with Gasteiger partial charge in [0.2, 0.25) is 5.88 Å². The van der Waals surface area contributed by atoms with Gasteiger partial charge in [-0.2, -0.15) is 0 Å². The van der Waals surface area contributed by atoms with Gasteiger partial charge in [0.1, 0.15) is 23.0 Å². The number of fused-ring (bicyclic) bond motifs is 1. The predicted molar refractivity (Wildman–Crippen MR) is 203 cm³/mol. The van der Waals surface area contributed by atoms with E-state index in [1.54, 1.807) is 18.1 Å². The van der Waals surface area contributed by atoms with Crippen LogP contribution in [-0.4, -0.2) is 32.1 Å². The molecule has 2 aliphatic rings. The van der Waals surface area contributed by atoms with Gasteiger partial charge in [-0.25, -0.2) is 0 Å². The summed E-state index contributed by atoms with van der Waals surface area (Å²) >= 11 is 0. The Hall–Kier alpha value is -4.69. The molecule has 274 valence electrons. The molecule has 5 rings (SSSR count). The fraction of sp³-hybridized carbons (Fsp3) is 0.419. The van der Waals surface area contributed by atoms with Gasteiger partial charge in [0.15, 0.2) is 5.76 Å². The number of carbonyl (C=O) groups is 1. The summed E-state index contributed by atoms with van der Waals surface area (Å²) < 4.78 is 28.4. The van der Waals surface area contributed by atoms with E-state index in [1.807, 2.05) is 31.3 Å². The third kappa shape index (κ3) is 9.16. The van der Waals surface area contributed by atoms with Gasteiger partial charge in [-0.3, -0.25) is 9.69 Å². The van der Waals surface area contributed by atoms with Crippen molar-refractivity contribution < 1.29 is 28.2 Å². The summed E-state index contributed by atoms with van der Waals surface area (Å²) in [6.45, 7) is 20.6. The molecule has 2 aliphatic heterocycles. The molecule has 1 amide bonds. The first kappa shape index (κ1) is 39.1. The molecule has 0 spiro atoms. The Morgan fingerprint density at radius 2 is 1.67 bits per heavy atom. The summed E-state index contributed by atoms with van der Waals surface area (Å²) in [5.74, 6) is 2.77. The van der Waals surface area contributed by atoms with Crippen molar-refractivity contribution in [1.82, 2.24) is 10.2 Å². The molecule has 0 radical (unpaired) electrons. The van der Waals surface area contributed by atoms with Crippen molar-refractivity contribution >= 4 is 5.91 Å². The number of hydrogen-bond donors (Lipinski definition) is 1. The molecule has 1 aromatic heterocycles. The number of hydrogen-bond acceptors (Lipinski definition) is 7. The van der Waals surface area contributed by atoms with Gasteiger partial charge in [0, 0.05) is 18.3 Å². The minimum absolute atomic E-state index is 0.191. The number of allylic oxidation sites excluding steroid dienone is 3. The fourth-order valence-corrected chi connectivity index (χ4v) is 6.74. The first-order valence-electron chi connectivity index (χ1n) is 17.7. The average Bonchev–Trinajstić information content (AvgIpc) is 3.55. The van der Waals surface area contributed by atoms with E-state index in [9.17, 15) is 4.79 Å². The number of benzene rings is 2. The van der Waals surface area contributed by atoms with Crippen molar-refractivity contribution in [1.29, 1.82) is 0 Å². The van der Waals surface area contributed by atoms with Gasteiger partial charge >= 0.3 is 0 Å². The van der Waals surface area contributed by atoms with Crippen molar-refractivity contribution in [2.24, 2.45) is 0 Å². The van der Waals surface area contributed by atoms with E-state index in [1.165, 1.54) is 43.8 Å². The maximum absolute atomic E-state index is 13.0. The number of methoxy groups -OCH3 is 3. The van der Waals surface area contributed by atoms with Crippen LogP contribution < -0.4 is 10.1 Å². The summed E-state index contributed by atoms with van der Waals surface area (Å²) in [5, 5.41) is 2.83. The Morgan fingerprint density at radius 3 is 2.25 bits per heavy atom. The van der Waals surface area contributed by atoms with Crippen LogP contribution in [0.5, 0.6) is 5.75 Å². The lowest BCUT2D eigenvalue weighted by atomic mass is 9.86. The number of ether oxygens (including phenoxy) is 4. The smallest absolute Gasteiger partial charge is 0.291 e. The summed E-state index contributed by atoms with van der Waals surface area (Å²) in [7, 11) is 4.76. The zero-order chi connectivity index (χ0) is 37.5. The predicted octanol–water partition coefficient (Wildman–Crippen LogP) is 10.1. The molecule has 2 aromatic carbocycles. The Bertz CT molecular complexity index is 1810. The largest absolute Gasteiger partial charge is 0.496 e. The number of nitrogens with zero attached hydrogens (tertiary/aromatic N) is 1. The van der Waals surface area contributed by atoms with Gasteiger partial charge in [-0.05, 0) is 113 Å². The van der Waals surface area contributed by atoms with E-state index in [0.29, 0.717) is 29.7 Å². The van der Waals surface area contributed by atoms with Gasteiger partial charge in [0.25, 0.3) is 5.91 Å². The van der Waals surface area contributed by atoms with Crippen molar-refractivity contribution in [2.45, 2.75) is 98.2 Å². The zero-order valence-electron chi connectivity index (χ0n) is 32.4. The number of para-hydroxylation sites is 1. The van der Waals surface area contributed by atoms with Crippen molar-refractivity contribution in [3.8, 4) is 5.75 Å². The molecule has 1 N–H and O–H groups in total. The zero-order valence-corrected chi connectivity index (χ0v) is 32.4. The molecule has 0 saturated carbocycles. The highest BCUT2D eigenvalue weighted by Crippen LogP contribution is 2.47. The summed E-state index contributed by atoms with van der Waals surface area (Å²) in [4.78, 5) is 14.8. The molecule has 8 heteroatoms. The van der Waals surface area contributed by atoms with Crippen LogP contribution in [0.4, 0.5) is 0 Å². The number of aryl methyl sites for hydroxylation is 1. The molecule has 3 aromatic rings. The third-order valence-corrected chi connectivity index (χ3v) is 9.42. The van der Waals surface area contributed by atoms with Gasteiger partial charge in [-0.15, -0.1) is 0 Å². The van der Waals surface area contributed by atoms with Gasteiger partial charge in [0.05, 0.1) is 32.5 Å². The Morgan fingerprint density at radius 1 is 1.00 bits per heavy atom. The van der Waals surface area contributed by atoms with Crippen LogP contribution in [0.15, 0.2) is 101 Å². The number of furan rings is 1. The standard InChI is InChI=1S/C28H34N2O5.C15H22O/c1-16-12-21-22(28(6,7)35-27(21,4)5)14-19(16)13-20-10-11-23(34-20)25(31)29-24(18(3)32-8)26(33-9)30-15-17(30)2;1-4-6-10-13(9-5-2)14-11-7-8-12-15(14)16-3/h10-12,14-15H,3,13H2,1-2,4-9H3,(H,29,31);4,6-8,11-13H,5,9-10H2,1-3H3/b26-24-;6-4+. The topological polar surface area (TPSA) is 82.2 Å². The lowest BCUT2D eigenvalue weighted by Gasteiger charge is -2.24. The molecule has 0 aliphatic carbocycles. The molecule has 51 heavy (non-hydrogen) atoms. The summed E-state index contributed by atoms with van der Waals surface area (Å²) in [6, 6.07) is 16.3. The molecule has 8 nitrogen and oxygen atoms in total. The lowest BCUT2D eigenvalue weighted by Crippen LogP contribution is -2.27. The first-order valence-corrected chi connectivity index (χ1v) is 17.7. The second kappa shape index (κ2) is 16.6. The Kier molecular flexibility index (Phi) is 12.7.